The topological polar surface area (TPSA) is 75.4 Å². The highest BCUT2D eigenvalue weighted by Gasteiger charge is 2.19. The summed E-state index contributed by atoms with van der Waals surface area (Å²) >= 11 is 0. The first-order valence-electron chi connectivity index (χ1n) is 5.64. The second-order valence-corrected chi connectivity index (χ2v) is 4.34. The van der Waals surface area contributed by atoms with Gasteiger partial charge in [0.05, 0.1) is 5.60 Å². The van der Waals surface area contributed by atoms with E-state index in [0.717, 1.165) is 6.42 Å². The van der Waals surface area contributed by atoms with Gasteiger partial charge < -0.3 is 16.2 Å². The van der Waals surface area contributed by atoms with Crippen molar-refractivity contribution < 1.29 is 9.90 Å². The predicted molar refractivity (Wildman–Crippen MR) is 61.4 cm³/mol. The molecule has 0 aliphatic heterocycles. The van der Waals surface area contributed by atoms with E-state index in [1.54, 1.807) is 6.92 Å². The zero-order valence-electron chi connectivity index (χ0n) is 10.0. The number of amides is 1. The molecule has 0 spiro atoms. The van der Waals surface area contributed by atoms with Gasteiger partial charge in [0.2, 0.25) is 5.91 Å². The molecule has 4 heteroatoms. The lowest BCUT2D eigenvalue weighted by molar-refractivity contribution is -0.123. The van der Waals surface area contributed by atoms with E-state index in [9.17, 15) is 9.90 Å². The predicted octanol–water partition coefficient (Wildman–Crippen LogP) is 0.639. The largest absolute Gasteiger partial charge is 0.388 e. The first-order chi connectivity index (χ1) is 6.95. The number of rotatable bonds is 7. The molecule has 0 bridgehead atoms. The highest BCUT2D eigenvalue weighted by atomic mass is 16.3. The SMILES string of the molecule is CCC(CN)CC(=O)NCC(C)(O)CC. The van der Waals surface area contributed by atoms with Crippen LogP contribution in [0.25, 0.3) is 0 Å². The van der Waals surface area contributed by atoms with Crippen LogP contribution in [0.2, 0.25) is 0 Å². The first kappa shape index (κ1) is 14.4. The van der Waals surface area contributed by atoms with Crippen molar-refractivity contribution in [2.75, 3.05) is 13.1 Å². The highest BCUT2D eigenvalue weighted by molar-refractivity contribution is 5.76. The zero-order valence-corrected chi connectivity index (χ0v) is 10.0. The van der Waals surface area contributed by atoms with Crippen LogP contribution in [0.15, 0.2) is 0 Å². The van der Waals surface area contributed by atoms with Gasteiger partial charge in [0.1, 0.15) is 0 Å². The lowest BCUT2D eigenvalue weighted by atomic mass is 10.0. The van der Waals surface area contributed by atoms with Crippen LogP contribution in [0.1, 0.15) is 40.0 Å². The van der Waals surface area contributed by atoms with Gasteiger partial charge in [-0.2, -0.15) is 0 Å². The molecule has 4 N–H and O–H groups in total. The van der Waals surface area contributed by atoms with Crippen LogP contribution in [0.3, 0.4) is 0 Å². The molecule has 90 valence electrons. The van der Waals surface area contributed by atoms with E-state index in [4.69, 9.17) is 5.73 Å². The number of nitrogens with two attached hydrogens (primary N) is 1. The Labute approximate surface area is 92.2 Å². The minimum absolute atomic E-state index is 0.0268. The normalized spacial score (nSPS) is 16.9. The minimum Gasteiger partial charge on any atom is -0.388 e. The third-order valence-electron chi connectivity index (χ3n) is 2.81. The molecule has 0 fully saturated rings. The van der Waals surface area contributed by atoms with Gasteiger partial charge in [-0.25, -0.2) is 0 Å². The van der Waals surface area contributed by atoms with E-state index in [1.165, 1.54) is 0 Å². The van der Waals surface area contributed by atoms with E-state index in [2.05, 4.69) is 5.32 Å². The molecule has 15 heavy (non-hydrogen) atoms. The molecule has 0 heterocycles. The van der Waals surface area contributed by atoms with Crippen LogP contribution < -0.4 is 11.1 Å². The summed E-state index contributed by atoms with van der Waals surface area (Å²) < 4.78 is 0. The monoisotopic (exact) mass is 216 g/mol. The number of carbonyl (C=O) groups excluding carboxylic acids is 1. The molecule has 0 aliphatic carbocycles. The molecule has 0 aromatic heterocycles. The molecule has 0 saturated carbocycles. The molecule has 2 unspecified atom stereocenters. The van der Waals surface area contributed by atoms with Gasteiger partial charge in [0, 0.05) is 13.0 Å². The third-order valence-corrected chi connectivity index (χ3v) is 2.81. The van der Waals surface area contributed by atoms with Gasteiger partial charge in [-0.1, -0.05) is 20.3 Å². The van der Waals surface area contributed by atoms with Crippen LogP contribution in [0, 0.1) is 5.92 Å². The van der Waals surface area contributed by atoms with Gasteiger partial charge in [0.15, 0.2) is 0 Å². The number of nitrogens with one attached hydrogen (secondary N) is 1. The van der Waals surface area contributed by atoms with Gasteiger partial charge in [-0.15, -0.1) is 0 Å². The summed E-state index contributed by atoms with van der Waals surface area (Å²) in [6.07, 6.45) is 1.99. The fraction of sp³-hybridized carbons (Fsp3) is 0.909. The molecule has 0 aliphatic rings. The lowest BCUT2D eigenvalue weighted by Crippen LogP contribution is -2.40. The van der Waals surface area contributed by atoms with Gasteiger partial charge in [0.25, 0.3) is 0 Å². The maximum Gasteiger partial charge on any atom is 0.220 e. The summed E-state index contributed by atoms with van der Waals surface area (Å²) in [6.45, 7) is 6.47. The van der Waals surface area contributed by atoms with E-state index in [0.29, 0.717) is 25.9 Å². The second kappa shape index (κ2) is 6.80. The van der Waals surface area contributed by atoms with Gasteiger partial charge in [-0.05, 0) is 25.8 Å². The molecule has 4 nitrogen and oxygen atoms in total. The summed E-state index contributed by atoms with van der Waals surface area (Å²) in [5.41, 5.74) is 4.70. The minimum atomic E-state index is -0.805. The summed E-state index contributed by atoms with van der Waals surface area (Å²) in [5.74, 6) is 0.220. The van der Waals surface area contributed by atoms with Gasteiger partial charge in [-0.3, -0.25) is 4.79 Å². The van der Waals surface area contributed by atoms with Crippen molar-refractivity contribution in [3.05, 3.63) is 0 Å². The molecular formula is C11H24N2O2. The number of carbonyl (C=O) groups is 1. The van der Waals surface area contributed by atoms with E-state index in [1.807, 2.05) is 13.8 Å². The van der Waals surface area contributed by atoms with Crippen molar-refractivity contribution >= 4 is 5.91 Å². The van der Waals surface area contributed by atoms with Crippen molar-refractivity contribution in [2.45, 2.75) is 45.6 Å². The summed E-state index contributed by atoms with van der Waals surface area (Å²) in [5, 5.41) is 12.4. The van der Waals surface area contributed by atoms with Crippen molar-refractivity contribution in [3.63, 3.8) is 0 Å². The molecule has 0 saturated heterocycles. The Morgan fingerprint density at radius 1 is 1.53 bits per heavy atom. The Morgan fingerprint density at radius 3 is 2.53 bits per heavy atom. The van der Waals surface area contributed by atoms with Crippen LogP contribution >= 0.6 is 0 Å². The second-order valence-electron chi connectivity index (χ2n) is 4.34. The van der Waals surface area contributed by atoms with Crippen molar-refractivity contribution in [1.82, 2.24) is 5.32 Å². The summed E-state index contributed by atoms with van der Waals surface area (Å²) in [7, 11) is 0. The van der Waals surface area contributed by atoms with Crippen molar-refractivity contribution in [1.29, 1.82) is 0 Å². The maximum atomic E-state index is 11.5. The Morgan fingerprint density at radius 2 is 2.13 bits per heavy atom. The fourth-order valence-electron chi connectivity index (χ4n) is 1.14. The Bertz CT molecular complexity index is 189. The van der Waals surface area contributed by atoms with Crippen LogP contribution in [0.5, 0.6) is 0 Å². The van der Waals surface area contributed by atoms with Crippen molar-refractivity contribution in [3.8, 4) is 0 Å². The van der Waals surface area contributed by atoms with Crippen LogP contribution in [0.4, 0.5) is 0 Å². The average Bonchev–Trinajstić information content (AvgIpc) is 2.23. The molecule has 1 amide bonds. The standard InChI is InChI=1S/C11H24N2O2/c1-4-9(7-12)6-10(14)13-8-11(3,15)5-2/h9,15H,4-8,12H2,1-3H3,(H,13,14). The Kier molecular flexibility index (Phi) is 6.52. The molecular weight excluding hydrogens is 192 g/mol. The molecule has 0 radical (unpaired) electrons. The molecule has 0 rings (SSSR count). The van der Waals surface area contributed by atoms with E-state index >= 15 is 0 Å². The molecule has 0 aromatic rings. The molecule has 0 aromatic carbocycles. The van der Waals surface area contributed by atoms with Crippen molar-refractivity contribution in [2.24, 2.45) is 11.7 Å². The van der Waals surface area contributed by atoms with Crippen LogP contribution in [-0.4, -0.2) is 29.7 Å². The first-order valence-corrected chi connectivity index (χ1v) is 5.64. The number of hydrogen-bond acceptors (Lipinski definition) is 3. The Hall–Kier alpha value is -0.610. The lowest BCUT2D eigenvalue weighted by Gasteiger charge is -2.22. The summed E-state index contributed by atoms with van der Waals surface area (Å²) in [4.78, 5) is 11.5. The maximum absolute atomic E-state index is 11.5. The average molecular weight is 216 g/mol. The number of aliphatic hydroxyl groups is 1. The summed E-state index contributed by atoms with van der Waals surface area (Å²) in [6, 6.07) is 0. The van der Waals surface area contributed by atoms with Crippen LogP contribution in [-0.2, 0) is 4.79 Å². The highest BCUT2D eigenvalue weighted by Crippen LogP contribution is 2.08. The smallest absolute Gasteiger partial charge is 0.220 e. The van der Waals surface area contributed by atoms with Gasteiger partial charge >= 0.3 is 0 Å². The quantitative estimate of drug-likeness (QED) is 0.584. The third kappa shape index (κ3) is 6.47. The van der Waals surface area contributed by atoms with E-state index in [-0.39, 0.29) is 11.8 Å². The van der Waals surface area contributed by atoms with E-state index < -0.39 is 5.60 Å². The number of hydrogen-bond donors (Lipinski definition) is 3. The Balaban J connectivity index is 3.84. The fourth-order valence-corrected chi connectivity index (χ4v) is 1.14. The molecule has 2 atom stereocenters. The zero-order chi connectivity index (χ0) is 11.9.